The predicted molar refractivity (Wildman–Crippen MR) is 427 cm³/mol. The highest BCUT2D eigenvalue weighted by atomic mass is 31.2. The van der Waals surface area contributed by atoms with E-state index in [0.717, 1.165) is 161 Å². The summed E-state index contributed by atoms with van der Waals surface area (Å²) in [6.07, 6.45) is 83.6. The minimum atomic E-state index is -5.00. The Morgan fingerprint density at radius 1 is 0.279 bits per heavy atom. The second-order valence-electron chi connectivity index (χ2n) is 27.3. The number of ether oxygens (including phenoxy) is 4. The number of rotatable bonds is 77. The number of aliphatic hydroxyl groups is 1. The molecular weight excluding hydrogens is 1350 g/mol. The SMILES string of the molecule is CC/C=C\C/C=C\C/C=C\C/C=C\C/C=C\C/C=C\CCC(=O)O[C@H](COC(=O)CCCCCCC/C=C\CCCCCCCC)COP(=O)(O)OC[C@@H](O)COP(=O)(O)OC[C@@H](COC(=O)CCCCCCCCC/C=C\CCCCCC)OC(=O)CCCCCCCCC/C=C\CCCCCC. The van der Waals surface area contributed by atoms with Gasteiger partial charge in [-0.25, -0.2) is 9.13 Å². The Balaban J connectivity index is 5.43. The van der Waals surface area contributed by atoms with Crippen LogP contribution in [0, 0.1) is 0 Å². The van der Waals surface area contributed by atoms with Crippen LogP contribution < -0.4 is 0 Å². The van der Waals surface area contributed by atoms with Gasteiger partial charge < -0.3 is 33.8 Å². The third-order valence-electron chi connectivity index (χ3n) is 17.2. The molecule has 0 fully saturated rings. The van der Waals surface area contributed by atoms with Crippen molar-refractivity contribution in [2.75, 3.05) is 39.6 Å². The minimum absolute atomic E-state index is 0.0323. The fourth-order valence-electron chi connectivity index (χ4n) is 10.9. The average molecular weight is 1500 g/mol. The van der Waals surface area contributed by atoms with Crippen molar-refractivity contribution in [3.63, 3.8) is 0 Å². The minimum Gasteiger partial charge on any atom is -0.462 e. The van der Waals surface area contributed by atoms with Crippen molar-refractivity contribution in [3.8, 4) is 0 Å². The average Bonchev–Trinajstić information content (AvgIpc) is 0.943. The first-order chi connectivity index (χ1) is 50.7. The van der Waals surface area contributed by atoms with E-state index >= 15 is 0 Å². The summed E-state index contributed by atoms with van der Waals surface area (Å²) in [5, 5.41) is 10.6. The molecule has 0 aliphatic carbocycles. The molecule has 0 heterocycles. The van der Waals surface area contributed by atoms with Crippen molar-refractivity contribution >= 4 is 39.5 Å². The van der Waals surface area contributed by atoms with E-state index in [1.807, 2.05) is 18.2 Å². The Labute approximate surface area is 632 Å². The maximum Gasteiger partial charge on any atom is 0.472 e. The van der Waals surface area contributed by atoms with E-state index in [0.29, 0.717) is 32.1 Å². The maximum atomic E-state index is 13.1. The van der Waals surface area contributed by atoms with Gasteiger partial charge in [0.2, 0.25) is 0 Å². The summed E-state index contributed by atoms with van der Waals surface area (Å²) in [5.74, 6) is -2.28. The summed E-state index contributed by atoms with van der Waals surface area (Å²) in [7, 11) is -9.98. The van der Waals surface area contributed by atoms with Gasteiger partial charge in [0.1, 0.15) is 19.3 Å². The summed E-state index contributed by atoms with van der Waals surface area (Å²) in [5.41, 5.74) is 0. The Kier molecular flexibility index (Phi) is 73.7. The number of hydrogen-bond donors (Lipinski definition) is 3. The second-order valence-corrected chi connectivity index (χ2v) is 30.2. The van der Waals surface area contributed by atoms with Crippen LogP contribution in [0.1, 0.15) is 349 Å². The molecule has 0 aliphatic heterocycles. The molecule has 0 bridgehead atoms. The lowest BCUT2D eigenvalue weighted by Crippen LogP contribution is -2.30. The van der Waals surface area contributed by atoms with Crippen LogP contribution in [0.3, 0.4) is 0 Å². The van der Waals surface area contributed by atoms with Gasteiger partial charge in [0.05, 0.1) is 26.4 Å². The normalized spacial score (nSPS) is 14.4. The summed E-state index contributed by atoms with van der Waals surface area (Å²) in [6, 6.07) is 0. The topological polar surface area (TPSA) is 237 Å². The Morgan fingerprint density at radius 3 is 0.837 bits per heavy atom. The highest BCUT2D eigenvalue weighted by Gasteiger charge is 2.30. The Hall–Kier alpha value is -4.28. The van der Waals surface area contributed by atoms with Gasteiger partial charge in [0.15, 0.2) is 12.2 Å². The molecule has 0 aromatic carbocycles. The summed E-state index contributed by atoms with van der Waals surface area (Å²) >= 11 is 0. The second kappa shape index (κ2) is 76.9. The van der Waals surface area contributed by atoms with Crippen molar-refractivity contribution in [2.45, 2.75) is 367 Å². The highest BCUT2D eigenvalue weighted by molar-refractivity contribution is 7.47. The number of esters is 4. The van der Waals surface area contributed by atoms with E-state index in [2.05, 4.69) is 119 Å². The van der Waals surface area contributed by atoms with Crippen LogP contribution in [-0.2, 0) is 65.4 Å². The van der Waals surface area contributed by atoms with Crippen LogP contribution in [0.25, 0.3) is 0 Å². The quantitative estimate of drug-likeness (QED) is 0.0169. The number of aliphatic hydroxyl groups excluding tert-OH is 1. The Bertz CT molecular complexity index is 2390. The zero-order chi connectivity index (χ0) is 76.0. The van der Waals surface area contributed by atoms with Crippen molar-refractivity contribution in [1.29, 1.82) is 0 Å². The number of hydrogen-bond acceptors (Lipinski definition) is 15. The van der Waals surface area contributed by atoms with E-state index in [9.17, 15) is 43.2 Å². The zero-order valence-electron chi connectivity index (χ0n) is 65.7. The van der Waals surface area contributed by atoms with Gasteiger partial charge >= 0.3 is 39.5 Å². The largest absolute Gasteiger partial charge is 0.472 e. The molecule has 0 aromatic rings. The summed E-state index contributed by atoms with van der Waals surface area (Å²) in [6.45, 7) is 4.67. The van der Waals surface area contributed by atoms with Crippen molar-refractivity contribution in [1.82, 2.24) is 0 Å². The monoisotopic (exact) mass is 1500 g/mol. The Morgan fingerprint density at radius 2 is 0.519 bits per heavy atom. The third kappa shape index (κ3) is 75.9. The molecule has 0 saturated carbocycles. The molecule has 5 atom stereocenters. The van der Waals surface area contributed by atoms with Gasteiger partial charge in [-0.1, -0.05) is 291 Å². The first kappa shape index (κ1) is 99.7. The van der Waals surface area contributed by atoms with Gasteiger partial charge in [-0.3, -0.25) is 37.3 Å². The molecular formula is C85H148O17P2. The van der Waals surface area contributed by atoms with E-state index in [4.69, 9.17) is 37.0 Å². The number of carbonyl (C=O) groups excluding carboxylic acids is 4. The van der Waals surface area contributed by atoms with Crippen LogP contribution in [0.2, 0.25) is 0 Å². The van der Waals surface area contributed by atoms with Gasteiger partial charge in [-0.15, -0.1) is 0 Å². The smallest absolute Gasteiger partial charge is 0.462 e. The molecule has 0 radical (unpaired) electrons. The van der Waals surface area contributed by atoms with Gasteiger partial charge in [0.25, 0.3) is 0 Å². The van der Waals surface area contributed by atoms with Crippen LogP contribution >= 0.6 is 15.6 Å². The van der Waals surface area contributed by atoms with Crippen LogP contribution in [0.5, 0.6) is 0 Å². The number of unbranched alkanes of at least 4 members (excludes halogenated alkanes) is 33. The lowest BCUT2D eigenvalue weighted by atomic mass is 10.1. The molecule has 0 spiro atoms. The predicted octanol–water partition coefficient (Wildman–Crippen LogP) is 24.1. The number of carbonyl (C=O) groups is 4. The summed E-state index contributed by atoms with van der Waals surface area (Å²) < 4.78 is 68.6. The van der Waals surface area contributed by atoms with Crippen LogP contribution in [-0.4, -0.2) is 96.7 Å². The molecule has 0 saturated heterocycles. The fourth-order valence-corrected chi connectivity index (χ4v) is 12.5. The number of phosphoric acid groups is 2. The maximum absolute atomic E-state index is 13.1. The van der Waals surface area contributed by atoms with Gasteiger partial charge in [-0.2, -0.15) is 0 Å². The van der Waals surface area contributed by atoms with E-state index in [1.165, 1.54) is 103 Å². The van der Waals surface area contributed by atoms with Crippen molar-refractivity contribution in [3.05, 3.63) is 109 Å². The molecule has 0 rings (SSSR count). The molecule has 600 valence electrons. The highest BCUT2D eigenvalue weighted by Crippen LogP contribution is 2.45. The zero-order valence-corrected chi connectivity index (χ0v) is 67.5. The number of phosphoric ester groups is 2. The summed E-state index contributed by atoms with van der Waals surface area (Å²) in [4.78, 5) is 73.1. The van der Waals surface area contributed by atoms with E-state index < -0.39 is 97.5 Å². The molecule has 0 aromatic heterocycles. The van der Waals surface area contributed by atoms with E-state index in [-0.39, 0.29) is 25.7 Å². The molecule has 19 heteroatoms. The number of allylic oxidation sites excluding steroid dienone is 18. The first-order valence-corrected chi connectivity index (χ1v) is 44.1. The molecule has 0 amide bonds. The molecule has 17 nitrogen and oxygen atoms in total. The lowest BCUT2D eigenvalue weighted by Gasteiger charge is -2.21. The van der Waals surface area contributed by atoms with Gasteiger partial charge in [0, 0.05) is 25.7 Å². The molecule has 3 N–H and O–H groups in total. The standard InChI is InChI=1S/C85H148O17P2/c1-5-9-13-17-21-25-29-33-37-38-39-40-44-48-52-56-60-64-68-72-85(90)102-81(76-96-83(88)70-66-62-58-54-50-46-42-35-31-27-23-19-15-11-7-3)78-100-104(93,94)98-74-79(86)73-97-103(91,92)99-77-80(101-84(89)71-67-63-59-55-51-47-43-36-32-28-24-20-16-12-8-4)75-95-82(87)69-65-61-57-53-49-45-41-34-30-26-22-18-14-10-6-2/h9,13,21,25-26,28,30,32-33,35,37,39-40,42,48,52,60,64,79-81,86H,5-8,10-12,14-20,22-24,27,29,31,34,36,38,41,43-47,49-51,53-59,61-63,65-78H2,1-4H3,(H,91,92)(H,93,94)/b13-9-,25-21-,30-26-,32-28-,37-33-,40-39-,42-35-,52-48-,64-60-/t79-,80+,81+/m0/s1. The molecule has 104 heavy (non-hydrogen) atoms. The van der Waals surface area contributed by atoms with E-state index in [1.54, 1.807) is 0 Å². The third-order valence-corrected chi connectivity index (χ3v) is 19.1. The van der Waals surface area contributed by atoms with Crippen molar-refractivity contribution < 1.29 is 80.2 Å². The molecule has 2 unspecified atom stereocenters. The van der Waals surface area contributed by atoms with Crippen molar-refractivity contribution in [2.24, 2.45) is 0 Å². The van der Waals surface area contributed by atoms with Gasteiger partial charge in [-0.05, 0) is 141 Å². The lowest BCUT2D eigenvalue weighted by molar-refractivity contribution is -0.161. The van der Waals surface area contributed by atoms with Crippen LogP contribution in [0.15, 0.2) is 109 Å². The first-order valence-electron chi connectivity index (χ1n) is 41.1. The molecule has 0 aliphatic rings. The van der Waals surface area contributed by atoms with Crippen LogP contribution in [0.4, 0.5) is 0 Å². The fraction of sp³-hybridized carbons (Fsp3) is 0.741.